The third-order valence-corrected chi connectivity index (χ3v) is 11.5. The molecule has 13 nitrogen and oxygen atoms in total. The number of hydrogen-bond acceptors (Lipinski definition) is 11. The molecule has 0 radical (unpaired) electrons. The number of hydrogen-bond donors (Lipinski definition) is 0. The van der Waals surface area contributed by atoms with Gasteiger partial charge in [-0.15, -0.1) is 0 Å². The first kappa shape index (κ1) is 47.3. The summed E-state index contributed by atoms with van der Waals surface area (Å²) < 4.78 is 60.2. The van der Waals surface area contributed by atoms with Crippen LogP contribution in [0.25, 0.3) is 10.4 Å². The van der Waals surface area contributed by atoms with Gasteiger partial charge in [0.1, 0.15) is 36.6 Å². The summed E-state index contributed by atoms with van der Waals surface area (Å²) in [5.41, 5.74) is 15.3. The SMILES string of the molecule is [N-]=[N+]=N[C@@H]1C(=O)O[C@H](COCc2ccccc2)[C@@H](O[C@@H]2O[C@H](COCc3ccccc3)[C@H](OCc3ccccc3)[C@H](OCc3ccccc3)[C@H]2OCc2ccccc2)[C@@H]1OCc1ccccc1. The zero-order chi connectivity index (χ0) is 45.9. The zero-order valence-electron chi connectivity index (χ0n) is 37.1. The Hall–Kier alpha value is -6.22. The predicted molar refractivity (Wildman–Crippen MR) is 249 cm³/mol. The summed E-state index contributed by atoms with van der Waals surface area (Å²) in [4.78, 5) is 16.9. The Morgan fingerprint density at radius 2 is 0.791 bits per heavy atom. The Bertz CT molecular complexity index is 2400. The van der Waals surface area contributed by atoms with E-state index in [2.05, 4.69) is 10.0 Å². The molecule has 13 heteroatoms. The van der Waals surface area contributed by atoms with Crippen molar-refractivity contribution >= 4 is 5.97 Å². The maximum absolute atomic E-state index is 13.8. The molecule has 2 saturated heterocycles. The standard InChI is InChI=1S/C54H55N3O10/c55-57-56-47-50(62-34-42-25-13-4-14-26-42)49(46(65-53(47)58)38-60-32-40-21-9-2-10-22-40)67-54-52(64-36-44-29-17-6-18-30-44)51(63-35-43-27-15-5-16-28-43)48(61-33-41-23-11-3-12-24-41)45(66-54)37-59-31-39-19-7-1-8-20-39/h1-30,45-52,54H,31-38H2/t45-,46-,47+,48+,49-,50-,51+,52-,54+/m1/s1. The molecule has 0 spiro atoms. The van der Waals surface area contributed by atoms with Gasteiger partial charge in [0.15, 0.2) is 18.4 Å². The summed E-state index contributed by atoms with van der Waals surface area (Å²) in [5.74, 6) is -0.768. The van der Waals surface area contributed by atoms with E-state index in [4.69, 9.17) is 42.6 Å². The third-order valence-electron chi connectivity index (χ3n) is 11.5. The molecular weight excluding hydrogens is 851 g/mol. The van der Waals surface area contributed by atoms with Crippen LogP contribution in [0.4, 0.5) is 0 Å². The highest BCUT2D eigenvalue weighted by atomic mass is 16.7. The van der Waals surface area contributed by atoms with Gasteiger partial charge in [0, 0.05) is 4.91 Å². The van der Waals surface area contributed by atoms with E-state index in [9.17, 15) is 10.3 Å². The van der Waals surface area contributed by atoms with E-state index >= 15 is 0 Å². The van der Waals surface area contributed by atoms with Crippen LogP contribution in [0.3, 0.4) is 0 Å². The number of esters is 1. The van der Waals surface area contributed by atoms with Crippen LogP contribution in [0.5, 0.6) is 0 Å². The van der Waals surface area contributed by atoms with Gasteiger partial charge in [0.2, 0.25) is 0 Å². The van der Waals surface area contributed by atoms with Gasteiger partial charge in [-0.2, -0.15) is 0 Å². The fraction of sp³-hybridized carbons (Fsp3) is 0.315. The van der Waals surface area contributed by atoms with E-state index in [0.29, 0.717) is 6.61 Å². The molecular formula is C54H55N3O10. The second-order valence-electron chi connectivity index (χ2n) is 16.3. The highest BCUT2D eigenvalue weighted by Crippen LogP contribution is 2.35. The molecule has 2 aliphatic rings. The van der Waals surface area contributed by atoms with Gasteiger partial charge in [0.25, 0.3) is 0 Å². The molecule has 0 bridgehead atoms. The van der Waals surface area contributed by atoms with Crippen LogP contribution in [-0.2, 0) is 87.1 Å². The lowest BCUT2D eigenvalue weighted by molar-refractivity contribution is -0.350. The number of benzene rings is 6. The number of carbonyl (C=O) groups excluding carboxylic acids is 1. The van der Waals surface area contributed by atoms with Gasteiger partial charge in [-0.3, -0.25) is 4.79 Å². The monoisotopic (exact) mass is 905 g/mol. The van der Waals surface area contributed by atoms with Crippen LogP contribution >= 0.6 is 0 Å². The van der Waals surface area contributed by atoms with Gasteiger partial charge in [-0.05, 0) is 38.9 Å². The zero-order valence-corrected chi connectivity index (χ0v) is 37.1. The molecule has 346 valence electrons. The molecule has 0 saturated carbocycles. The molecule has 9 atom stereocenters. The van der Waals surface area contributed by atoms with E-state index in [-0.39, 0.29) is 46.2 Å². The van der Waals surface area contributed by atoms with Gasteiger partial charge in [0.05, 0.1) is 52.9 Å². The molecule has 6 aromatic rings. The molecule has 0 aromatic heterocycles. The maximum atomic E-state index is 13.8. The fourth-order valence-electron chi connectivity index (χ4n) is 8.11. The lowest BCUT2D eigenvalue weighted by Crippen LogP contribution is -2.65. The molecule has 67 heavy (non-hydrogen) atoms. The molecule has 0 N–H and O–H groups in total. The normalized spacial score (nSPS) is 23.8. The quantitative estimate of drug-likeness (QED) is 0.0264. The highest BCUT2D eigenvalue weighted by molar-refractivity contribution is 5.78. The van der Waals surface area contributed by atoms with E-state index < -0.39 is 61.0 Å². The first-order valence-corrected chi connectivity index (χ1v) is 22.5. The molecule has 0 unspecified atom stereocenters. The maximum Gasteiger partial charge on any atom is 0.318 e. The minimum atomic E-state index is -1.41. The third kappa shape index (κ3) is 13.7. The molecule has 2 aliphatic heterocycles. The minimum Gasteiger partial charge on any atom is -0.457 e. The predicted octanol–water partition coefficient (Wildman–Crippen LogP) is 9.48. The van der Waals surface area contributed by atoms with E-state index in [1.165, 1.54) is 0 Å². The largest absolute Gasteiger partial charge is 0.457 e. The Morgan fingerprint density at radius 1 is 0.433 bits per heavy atom. The number of rotatable bonds is 23. The first-order valence-electron chi connectivity index (χ1n) is 22.5. The van der Waals surface area contributed by atoms with Crippen LogP contribution in [-0.4, -0.2) is 74.2 Å². The van der Waals surface area contributed by atoms with Crippen molar-refractivity contribution in [3.05, 3.63) is 226 Å². The van der Waals surface area contributed by atoms with Crippen molar-refractivity contribution in [3.63, 3.8) is 0 Å². The second kappa shape index (κ2) is 25.1. The average molecular weight is 906 g/mol. The molecule has 8 rings (SSSR count). The van der Waals surface area contributed by atoms with Crippen LogP contribution in [0.1, 0.15) is 33.4 Å². The van der Waals surface area contributed by atoms with Crippen LogP contribution in [0, 0.1) is 0 Å². The minimum absolute atomic E-state index is 0.0707. The summed E-state index contributed by atoms with van der Waals surface area (Å²) in [6.45, 7) is 1.24. The van der Waals surface area contributed by atoms with E-state index in [0.717, 1.165) is 33.4 Å². The van der Waals surface area contributed by atoms with Gasteiger partial charge in [-0.1, -0.05) is 187 Å². The van der Waals surface area contributed by atoms with Gasteiger partial charge < -0.3 is 42.6 Å². The molecule has 0 aliphatic carbocycles. The van der Waals surface area contributed by atoms with Crippen LogP contribution in [0.15, 0.2) is 187 Å². The molecule has 2 fully saturated rings. The fourth-order valence-corrected chi connectivity index (χ4v) is 8.11. The number of nitrogens with zero attached hydrogens (tertiary/aromatic N) is 3. The number of cyclic esters (lactones) is 1. The molecule has 6 aromatic carbocycles. The summed E-state index contributed by atoms with van der Waals surface area (Å²) in [5, 5.41) is 3.91. The summed E-state index contributed by atoms with van der Waals surface area (Å²) in [6.07, 6.45) is -7.78. The van der Waals surface area contributed by atoms with Gasteiger partial charge >= 0.3 is 5.97 Å². The van der Waals surface area contributed by atoms with Crippen molar-refractivity contribution in [2.45, 2.75) is 94.7 Å². The Labute approximate surface area is 391 Å². The van der Waals surface area contributed by atoms with E-state index in [1.807, 2.05) is 182 Å². The van der Waals surface area contributed by atoms with Crippen molar-refractivity contribution in [3.8, 4) is 0 Å². The summed E-state index contributed by atoms with van der Waals surface area (Å²) >= 11 is 0. The number of carbonyl (C=O) groups is 1. The smallest absolute Gasteiger partial charge is 0.318 e. The second-order valence-corrected chi connectivity index (χ2v) is 16.3. The molecule has 0 amide bonds. The Morgan fingerprint density at radius 3 is 1.21 bits per heavy atom. The Kier molecular flexibility index (Phi) is 17.7. The van der Waals surface area contributed by atoms with Crippen molar-refractivity contribution in [2.24, 2.45) is 5.11 Å². The lowest BCUT2D eigenvalue weighted by Gasteiger charge is -2.48. The molecule has 2 heterocycles. The average Bonchev–Trinajstić information content (AvgIpc) is 3.38. The van der Waals surface area contributed by atoms with E-state index in [1.54, 1.807) is 0 Å². The van der Waals surface area contributed by atoms with Gasteiger partial charge in [-0.25, -0.2) is 0 Å². The van der Waals surface area contributed by atoms with Crippen LogP contribution < -0.4 is 0 Å². The van der Waals surface area contributed by atoms with Crippen LogP contribution in [0.2, 0.25) is 0 Å². The van der Waals surface area contributed by atoms with Crippen molar-refractivity contribution in [2.75, 3.05) is 13.2 Å². The topological polar surface area (TPSA) is 149 Å². The Balaban J connectivity index is 1.17. The lowest BCUT2D eigenvalue weighted by atomic mass is 9.95. The number of ether oxygens (including phenoxy) is 9. The van der Waals surface area contributed by atoms with Crippen molar-refractivity contribution in [1.29, 1.82) is 0 Å². The number of azide groups is 1. The van der Waals surface area contributed by atoms with Crippen molar-refractivity contribution < 1.29 is 47.4 Å². The van der Waals surface area contributed by atoms with Crippen molar-refractivity contribution in [1.82, 2.24) is 0 Å². The first-order chi connectivity index (χ1) is 33.1. The summed E-state index contributed by atoms with van der Waals surface area (Å²) in [6, 6.07) is 57.2. The highest BCUT2D eigenvalue weighted by Gasteiger charge is 2.54. The summed E-state index contributed by atoms with van der Waals surface area (Å²) in [7, 11) is 0.